The van der Waals surface area contributed by atoms with Crippen molar-refractivity contribution in [3.8, 4) is 11.1 Å². The van der Waals surface area contributed by atoms with Gasteiger partial charge in [0.25, 0.3) is 5.91 Å². The Labute approximate surface area is 176 Å². The fourth-order valence-corrected chi connectivity index (χ4v) is 5.08. The number of thiophene rings is 1. The molecule has 0 spiro atoms. The predicted molar refractivity (Wildman–Crippen MR) is 116 cm³/mol. The summed E-state index contributed by atoms with van der Waals surface area (Å²) in [7, 11) is 0. The Morgan fingerprint density at radius 3 is 2.41 bits per heavy atom. The third-order valence-corrected chi connectivity index (χ3v) is 6.40. The van der Waals surface area contributed by atoms with Crippen molar-refractivity contribution in [3.63, 3.8) is 0 Å². The van der Waals surface area contributed by atoms with Gasteiger partial charge in [0.1, 0.15) is 5.82 Å². The van der Waals surface area contributed by atoms with Crippen LogP contribution in [-0.4, -0.2) is 5.91 Å². The van der Waals surface area contributed by atoms with Gasteiger partial charge in [-0.15, -0.1) is 11.3 Å². The summed E-state index contributed by atoms with van der Waals surface area (Å²) < 4.78 is 14.5. The van der Waals surface area contributed by atoms with Crippen molar-refractivity contribution in [2.75, 3.05) is 4.90 Å². The van der Waals surface area contributed by atoms with Gasteiger partial charge in [-0.25, -0.2) is 4.39 Å². The first-order chi connectivity index (χ1) is 14.1. The van der Waals surface area contributed by atoms with Crippen LogP contribution in [0.2, 0.25) is 4.34 Å². The van der Waals surface area contributed by atoms with E-state index in [9.17, 15) is 9.18 Å². The fourth-order valence-electron chi connectivity index (χ4n) is 3.91. The van der Waals surface area contributed by atoms with Gasteiger partial charge >= 0.3 is 0 Å². The molecule has 5 heteroatoms. The summed E-state index contributed by atoms with van der Waals surface area (Å²) in [5.74, 6) is -0.682. The van der Waals surface area contributed by atoms with Gasteiger partial charge in [-0.1, -0.05) is 60.1 Å². The van der Waals surface area contributed by atoms with Crippen LogP contribution in [-0.2, 0) is 0 Å². The third kappa shape index (κ3) is 3.05. The van der Waals surface area contributed by atoms with Gasteiger partial charge in [0.15, 0.2) is 0 Å². The van der Waals surface area contributed by atoms with E-state index in [1.165, 1.54) is 23.5 Å². The summed E-state index contributed by atoms with van der Waals surface area (Å²) in [5, 5.41) is 0. The highest BCUT2D eigenvalue weighted by Gasteiger charge is 2.37. The van der Waals surface area contributed by atoms with Crippen molar-refractivity contribution in [3.05, 3.63) is 111 Å². The third-order valence-electron chi connectivity index (χ3n) is 5.12. The molecule has 0 saturated carbocycles. The number of carbonyl (C=O) groups is 1. The van der Waals surface area contributed by atoms with Crippen LogP contribution in [0.5, 0.6) is 0 Å². The summed E-state index contributed by atoms with van der Waals surface area (Å²) in [4.78, 5) is 16.4. The predicted octanol–water partition coefficient (Wildman–Crippen LogP) is 6.96. The Hall–Kier alpha value is -2.95. The van der Waals surface area contributed by atoms with Gasteiger partial charge in [0.05, 0.1) is 16.1 Å². The minimum atomic E-state index is -0.433. The maximum Gasteiger partial charge on any atom is 0.259 e. The number of hydrogen-bond donors (Lipinski definition) is 0. The minimum Gasteiger partial charge on any atom is -0.295 e. The molecule has 1 aliphatic rings. The van der Waals surface area contributed by atoms with Crippen molar-refractivity contribution in [2.45, 2.75) is 6.04 Å². The molecule has 142 valence electrons. The first-order valence-electron chi connectivity index (χ1n) is 9.16. The van der Waals surface area contributed by atoms with Gasteiger partial charge in [-0.2, -0.15) is 0 Å². The number of rotatable bonds is 2. The molecule has 5 rings (SSSR count). The van der Waals surface area contributed by atoms with Gasteiger partial charge in [0.2, 0.25) is 0 Å². The lowest BCUT2D eigenvalue weighted by Crippen LogP contribution is -2.38. The first-order valence-corrected chi connectivity index (χ1v) is 10.4. The Morgan fingerprint density at radius 1 is 0.897 bits per heavy atom. The molecular formula is C24H15ClFNOS. The zero-order valence-electron chi connectivity index (χ0n) is 15.2. The molecule has 29 heavy (non-hydrogen) atoms. The number of benzene rings is 3. The molecule has 1 unspecified atom stereocenters. The smallest absolute Gasteiger partial charge is 0.259 e. The van der Waals surface area contributed by atoms with E-state index in [0.29, 0.717) is 9.90 Å². The molecule has 4 aromatic rings. The van der Waals surface area contributed by atoms with Crippen LogP contribution in [0.15, 0.2) is 84.9 Å². The van der Waals surface area contributed by atoms with E-state index in [4.69, 9.17) is 11.6 Å². The first kappa shape index (κ1) is 18.1. The lowest BCUT2D eigenvalue weighted by atomic mass is 9.87. The maximum absolute atomic E-state index is 13.9. The topological polar surface area (TPSA) is 20.3 Å². The van der Waals surface area contributed by atoms with Gasteiger partial charge in [-0.3, -0.25) is 9.69 Å². The average molecular weight is 420 g/mol. The Balaban J connectivity index is 1.77. The van der Waals surface area contributed by atoms with Crippen LogP contribution in [0.3, 0.4) is 0 Å². The molecule has 0 N–H and O–H groups in total. The van der Waals surface area contributed by atoms with Crippen LogP contribution >= 0.6 is 22.9 Å². The molecule has 0 bridgehead atoms. The SMILES string of the molecule is O=C(c1cccc(F)c1)N1c2ccccc2-c2ccccc2C1c1ccc(Cl)s1. The summed E-state index contributed by atoms with van der Waals surface area (Å²) in [5.41, 5.74) is 4.20. The van der Waals surface area contributed by atoms with Crippen LogP contribution in [0.1, 0.15) is 26.8 Å². The van der Waals surface area contributed by atoms with E-state index in [0.717, 1.165) is 27.3 Å². The summed E-state index contributed by atoms with van der Waals surface area (Å²) >= 11 is 7.69. The normalized spacial score (nSPS) is 15.0. The number of hydrogen-bond acceptors (Lipinski definition) is 2. The highest BCUT2D eigenvalue weighted by molar-refractivity contribution is 7.16. The standard InChI is InChI=1S/C24H15ClFNOS/c25-22-13-12-21(29-22)23-19-10-2-1-8-17(19)18-9-3-4-11-20(18)27(23)24(28)15-6-5-7-16(26)14-15/h1-14,23H. The van der Waals surface area contributed by atoms with Crippen LogP contribution in [0.25, 0.3) is 11.1 Å². The highest BCUT2D eigenvalue weighted by Crippen LogP contribution is 2.49. The van der Waals surface area contributed by atoms with Gasteiger partial charge < -0.3 is 0 Å². The summed E-state index contributed by atoms with van der Waals surface area (Å²) in [6.45, 7) is 0. The number of nitrogens with zero attached hydrogens (tertiary/aromatic N) is 1. The second kappa shape index (κ2) is 7.14. The molecule has 0 aliphatic carbocycles. The van der Waals surface area contributed by atoms with Crippen LogP contribution in [0.4, 0.5) is 10.1 Å². The maximum atomic E-state index is 13.9. The summed E-state index contributed by atoms with van der Waals surface area (Å²) in [6.07, 6.45) is 0. The van der Waals surface area contributed by atoms with Crippen molar-refractivity contribution in [1.82, 2.24) is 0 Å². The lowest BCUT2D eigenvalue weighted by molar-refractivity contribution is 0.0979. The van der Waals surface area contributed by atoms with E-state index in [1.807, 2.05) is 54.6 Å². The van der Waals surface area contributed by atoms with Gasteiger partial charge in [-0.05, 0) is 47.5 Å². The van der Waals surface area contributed by atoms with Crippen LogP contribution in [0, 0.1) is 5.82 Å². The van der Waals surface area contributed by atoms with Crippen molar-refractivity contribution >= 4 is 34.5 Å². The fraction of sp³-hybridized carbons (Fsp3) is 0.0417. The van der Waals surface area contributed by atoms with E-state index < -0.39 is 5.82 Å². The molecule has 3 aromatic carbocycles. The molecule has 0 fully saturated rings. The van der Waals surface area contributed by atoms with E-state index in [1.54, 1.807) is 17.0 Å². The second-order valence-corrected chi connectivity index (χ2v) is 8.58. The molecule has 1 aliphatic heterocycles. The molecule has 0 radical (unpaired) electrons. The second-order valence-electron chi connectivity index (χ2n) is 6.83. The van der Waals surface area contributed by atoms with E-state index in [-0.39, 0.29) is 11.9 Å². The Kier molecular flexibility index (Phi) is 4.46. The molecule has 2 heterocycles. The number of fused-ring (bicyclic) bond motifs is 3. The molecule has 2 nitrogen and oxygen atoms in total. The van der Waals surface area contributed by atoms with Crippen LogP contribution < -0.4 is 4.90 Å². The molecule has 1 aromatic heterocycles. The number of anilines is 1. The largest absolute Gasteiger partial charge is 0.295 e. The molecular weight excluding hydrogens is 405 g/mol. The van der Waals surface area contributed by atoms with Crippen molar-refractivity contribution in [2.24, 2.45) is 0 Å². The van der Waals surface area contributed by atoms with Crippen molar-refractivity contribution < 1.29 is 9.18 Å². The number of para-hydroxylation sites is 1. The number of halogens is 2. The molecule has 0 saturated heterocycles. The average Bonchev–Trinajstić information content (AvgIpc) is 3.18. The van der Waals surface area contributed by atoms with Gasteiger partial charge in [0, 0.05) is 16.0 Å². The van der Waals surface area contributed by atoms with E-state index in [2.05, 4.69) is 6.07 Å². The minimum absolute atomic E-state index is 0.249. The molecule has 1 atom stereocenters. The number of carbonyl (C=O) groups excluding carboxylic acids is 1. The zero-order chi connectivity index (χ0) is 20.0. The molecule has 1 amide bonds. The number of amides is 1. The monoisotopic (exact) mass is 419 g/mol. The van der Waals surface area contributed by atoms with Crippen molar-refractivity contribution in [1.29, 1.82) is 0 Å². The highest BCUT2D eigenvalue weighted by atomic mass is 35.5. The quantitative estimate of drug-likeness (QED) is 0.344. The zero-order valence-corrected chi connectivity index (χ0v) is 16.8. The van der Waals surface area contributed by atoms with E-state index >= 15 is 0 Å². The lowest BCUT2D eigenvalue weighted by Gasteiger charge is -2.38. The Bertz CT molecular complexity index is 1230. The Morgan fingerprint density at radius 2 is 1.66 bits per heavy atom. The summed E-state index contributed by atoms with van der Waals surface area (Å²) in [6, 6.07) is 25.2.